The molecule has 0 fully saturated rings. The smallest absolute Gasteiger partial charge is 0.708 e. The third kappa shape index (κ3) is 12.2. The molecule has 0 N–H and O–H groups in total. The summed E-state index contributed by atoms with van der Waals surface area (Å²) in [6, 6.07) is 0. The standard InChI is InChI=1S/C12H27O3SSi.Ag/c1-10(2,3)13-17(16,14-11(4,5)6)15-12(7,8)9;/h1-9H3;/q-1;+1. The van der Waals surface area contributed by atoms with E-state index >= 15 is 0 Å². The maximum absolute atomic E-state index is 5.89. The second kappa shape index (κ2) is 6.76. The first-order chi connectivity index (χ1) is 7.12. The van der Waals surface area contributed by atoms with Gasteiger partial charge in [-0.3, -0.25) is 0 Å². The number of hydrogen-bond donors (Lipinski definition) is 0. The fraction of sp³-hybridized carbons (Fsp3) is 1.00. The third-order valence-electron chi connectivity index (χ3n) is 1.29. The SMILES string of the molecule is CC(C)(C)O[Si]([S-])(OC(C)(C)C)OC(C)(C)C.[Ag+]. The molecule has 6 heteroatoms. The van der Waals surface area contributed by atoms with Crippen LogP contribution in [-0.4, -0.2) is 24.8 Å². The molecule has 3 nitrogen and oxygen atoms in total. The average molecular weight is 387 g/mol. The van der Waals surface area contributed by atoms with Crippen LogP contribution in [0.25, 0.3) is 0 Å². The van der Waals surface area contributed by atoms with Crippen LogP contribution < -0.4 is 0 Å². The minimum absolute atomic E-state index is 0. The third-order valence-corrected chi connectivity index (χ3v) is 4.63. The van der Waals surface area contributed by atoms with Crippen molar-refractivity contribution < 1.29 is 35.7 Å². The normalized spacial score (nSPS) is 14.3. The molecule has 0 aromatic rings. The fourth-order valence-corrected chi connectivity index (χ4v) is 5.81. The van der Waals surface area contributed by atoms with Crippen LogP contribution in [0, 0.1) is 0 Å². The molecule has 0 amide bonds. The average Bonchev–Trinajstić information content (AvgIpc) is 1.65. The molecule has 0 aromatic carbocycles. The Hall–Kier alpha value is 1.19. The molecular formula is C12H27AgO3SSi. The van der Waals surface area contributed by atoms with Crippen LogP contribution in [0.2, 0.25) is 0 Å². The maximum Gasteiger partial charge on any atom is 1.00 e. The summed E-state index contributed by atoms with van der Waals surface area (Å²) in [6.45, 7) is 17.6. The first-order valence-corrected chi connectivity index (χ1v) is 8.79. The van der Waals surface area contributed by atoms with E-state index in [1.807, 2.05) is 62.3 Å². The zero-order valence-corrected chi connectivity index (χ0v) is 16.2. The Morgan fingerprint density at radius 1 is 0.611 bits per heavy atom. The van der Waals surface area contributed by atoms with Crippen molar-refractivity contribution in [3.05, 3.63) is 0 Å². The fourth-order valence-electron chi connectivity index (χ4n) is 1.19. The molecule has 0 aromatic heterocycles. The van der Waals surface area contributed by atoms with E-state index in [4.69, 9.17) is 25.4 Å². The molecular weight excluding hydrogens is 360 g/mol. The van der Waals surface area contributed by atoms with Crippen molar-refractivity contribution in [3.63, 3.8) is 0 Å². The molecule has 0 saturated heterocycles. The van der Waals surface area contributed by atoms with Crippen molar-refractivity contribution in [2.24, 2.45) is 0 Å². The van der Waals surface area contributed by atoms with E-state index in [0.717, 1.165) is 0 Å². The molecule has 0 unspecified atom stereocenters. The van der Waals surface area contributed by atoms with Crippen molar-refractivity contribution in [2.75, 3.05) is 0 Å². The van der Waals surface area contributed by atoms with Gasteiger partial charge in [-0.05, 0) is 62.3 Å². The molecule has 0 aliphatic carbocycles. The summed E-state index contributed by atoms with van der Waals surface area (Å²) in [5.74, 6) is 0. The van der Waals surface area contributed by atoms with Crippen molar-refractivity contribution in [1.82, 2.24) is 0 Å². The quantitative estimate of drug-likeness (QED) is 0.548. The minimum atomic E-state index is -3.07. The first kappa shape index (κ1) is 21.5. The van der Waals surface area contributed by atoms with Crippen LogP contribution in [0.3, 0.4) is 0 Å². The number of hydrogen-bond acceptors (Lipinski definition) is 4. The topological polar surface area (TPSA) is 27.7 Å². The van der Waals surface area contributed by atoms with Gasteiger partial charge in [-0.25, -0.2) is 0 Å². The van der Waals surface area contributed by atoms with E-state index < -0.39 is 7.95 Å². The summed E-state index contributed by atoms with van der Waals surface area (Å²) in [5, 5.41) is 0. The van der Waals surface area contributed by atoms with E-state index in [1.54, 1.807) is 0 Å². The van der Waals surface area contributed by atoms with Gasteiger partial charge in [0.05, 0.1) is 16.8 Å². The van der Waals surface area contributed by atoms with Gasteiger partial charge in [-0.2, -0.15) is 0 Å². The zero-order chi connectivity index (χ0) is 14.1. The van der Waals surface area contributed by atoms with Gasteiger partial charge < -0.3 is 25.4 Å². The second-order valence-corrected chi connectivity index (χ2v) is 10.3. The van der Waals surface area contributed by atoms with E-state index in [9.17, 15) is 0 Å². The Morgan fingerprint density at radius 2 is 0.778 bits per heavy atom. The van der Waals surface area contributed by atoms with Gasteiger partial charge in [0.25, 0.3) is 0 Å². The van der Waals surface area contributed by atoms with Crippen LogP contribution in [0.5, 0.6) is 0 Å². The largest absolute Gasteiger partial charge is 1.00 e. The van der Waals surface area contributed by atoms with Gasteiger partial charge >= 0.3 is 30.3 Å². The predicted octanol–water partition coefficient (Wildman–Crippen LogP) is 3.41. The summed E-state index contributed by atoms with van der Waals surface area (Å²) in [7, 11) is -3.07. The van der Waals surface area contributed by atoms with Crippen molar-refractivity contribution in [3.8, 4) is 0 Å². The van der Waals surface area contributed by atoms with Crippen LogP contribution in [0.1, 0.15) is 62.3 Å². The Balaban J connectivity index is 0. The van der Waals surface area contributed by atoms with Gasteiger partial charge in [0, 0.05) is 0 Å². The maximum atomic E-state index is 5.89. The second-order valence-electron chi connectivity index (χ2n) is 7.14. The monoisotopic (exact) mass is 386 g/mol. The molecule has 0 spiro atoms. The summed E-state index contributed by atoms with van der Waals surface area (Å²) in [4.78, 5) is 0. The van der Waals surface area contributed by atoms with Crippen molar-refractivity contribution >= 4 is 20.0 Å². The molecule has 0 heterocycles. The zero-order valence-electron chi connectivity index (χ0n) is 12.9. The van der Waals surface area contributed by atoms with Gasteiger partial charge in [-0.1, -0.05) is 0 Å². The van der Waals surface area contributed by atoms with Gasteiger partial charge in [0.2, 0.25) is 0 Å². The Labute approximate surface area is 134 Å². The number of rotatable bonds is 3. The van der Waals surface area contributed by atoms with Crippen LogP contribution in [0.4, 0.5) is 0 Å². The van der Waals surface area contributed by atoms with E-state index in [-0.39, 0.29) is 39.2 Å². The summed E-state index contributed by atoms with van der Waals surface area (Å²) in [5.41, 5.74) is -1.11. The molecule has 0 saturated carbocycles. The van der Waals surface area contributed by atoms with Crippen LogP contribution in [0.15, 0.2) is 0 Å². The Kier molecular flexibility index (Phi) is 8.07. The first-order valence-electron chi connectivity index (χ1n) is 5.93. The summed E-state index contributed by atoms with van der Waals surface area (Å²) < 4.78 is 17.7. The molecule has 114 valence electrons. The van der Waals surface area contributed by atoms with E-state index in [2.05, 4.69) is 0 Å². The summed E-state index contributed by atoms with van der Waals surface area (Å²) >= 11 is 5.52. The van der Waals surface area contributed by atoms with Crippen LogP contribution in [-0.2, 0) is 47.7 Å². The van der Waals surface area contributed by atoms with E-state index in [0.29, 0.717) is 0 Å². The van der Waals surface area contributed by atoms with Gasteiger partial charge in [-0.15, -0.1) is 0 Å². The molecule has 0 bridgehead atoms. The molecule has 18 heavy (non-hydrogen) atoms. The molecule has 0 atom stereocenters. The Morgan fingerprint density at radius 3 is 0.889 bits per heavy atom. The van der Waals surface area contributed by atoms with Crippen LogP contribution >= 0.6 is 0 Å². The van der Waals surface area contributed by atoms with E-state index in [1.165, 1.54) is 0 Å². The Bertz CT molecular complexity index is 213. The van der Waals surface area contributed by atoms with Gasteiger partial charge in [0.15, 0.2) is 0 Å². The predicted molar refractivity (Wildman–Crippen MR) is 75.6 cm³/mol. The summed E-state index contributed by atoms with van der Waals surface area (Å²) in [6.07, 6.45) is 0. The molecule has 0 radical (unpaired) electrons. The van der Waals surface area contributed by atoms with Crippen molar-refractivity contribution in [2.45, 2.75) is 79.1 Å². The van der Waals surface area contributed by atoms with Crippen molar-refractivity contribution in [1.29, 1.82) is 0 Å². The minimum Gasteiger partial charge on any atom is -0.708 e. The molecule has 0 rings (SSSR count). The van der Waals surface area contributed by atoms with Gasteiger partial charge in [0.1, 0.15) is 0 Å². The molecule has 0 aliphatic rings. The molecule has 0 aliphatic heterocycles.